The number of nitrogens with zero attached hydrogens (tertiary/aromatic N) is 1. The van der Waals surface area contributed by atoms with E-state index in [1.54, 1.807) is 12.1 Å². The van der Waals surface area contributed by atoms with E-state index in [4.69, 9.17) is 8.83 Å². The van der Waals surface area contributed by atoms with Crippen LogP contribution in [-0.2, 0) is 0 Å². The molecule has 4 heteroatoms. The minimum Gasteiger partial charge on any atom is -0.459 e. The third-order valence-electron chi connectivity index (χ3n) is 1.58. The van der Waals surface area contributed by atoms with Crippen molar-refractivity contribution in [2.45, 2.75) is 6.92 Å². The summed E-state index contributed by atoms with van der Waals surface area (Å²) in [6.45, 7) is 1.42. The SMILES string of the molecule is CC(=O)c1cnc(-c2ccco2)o1. The first-order valence-electron chi connectivity index (χ1n) is 3.78. The Bertz CT molecular complexity index is 414. The van der Waals surface area contributed by atoms with Crippen LogP contribution in [-0.4, -0.2) is 10.8 Å². The Morgan fingerprint density at radius 1 is 1.54 bits per heavy atom. The zero-order chi connectivity index (χ0) is 9.26. The van der Waals surface area contributed by atoms with Crippen LogP contribution >= 0.6 is 0 Å². The van der Waals surface area contributed by atoms with Gasteiger partial charge in [0.2, 0.25) is 0 Å². The number of carbonyl (C=O) groups is 1. The van der Waals surface area contributed by atoms with Gasteiger partial charge in [0.25, 0.3) is 5.89 Å². The highest BCUT2D eigenvalue weighted by molar-refractivity contribution is 5.91. The molecule has 2 heterocycles. The van der Waals surface area contributed by atoms with Crippen molar-refractivity contribution >= 4 is 5.78 Å². The zero-order valence-electron chi connectivity index (χ0n) is 6.98. The average Bonchev–Trinajstić information content (AvgIpc) is 2.75. The van der Waals surface area contributed by atoms with Crippen LogP contribution in [0.15, 0.2) is 33.4 Å². The van der Waals surface area contributed by atoms with Crippen LogP contribution in [0.4, 0.5) is 0 Å². The lowest BCUT2D eigenvalue weighted by atomic mass is 10.4. The molecule has 0 unspecified atom stereocenters. The van der Waals surface area contributed by atoms with Gasteiger partial charge in [-0.05, 0) is 12.1 Å². The van der Waals surface area contributed by atoms with Gasteiger partial charge in [-0.15, -0.1) is 0 Å². The van der Waals surface area contributed by atoms with Gasteiger partial charge in [0.05, 0.1) is 12.5 Å². The minimum absolute atomic E-state index is 0.148. The predicted octanol–water partition coefficient (Wildman–Crippen LogP) is 2.14. The molecule has 0 amide bonds. The molecule has 0 aliphatic heterocycles. The van der Waals surface area contributed by atoms with Gasteiger partial charge in [0.1, 0.15) is 0 Å². The summed E-state index contributed by atoms with van der Waals surface area (Å²) in [4.78, 5) is 14.8. The predicted molar refractivity (Wildman–Crippen MR) is 44.2 cm³/mol. The molecule has 0 N–H and O–H groups in total. The summed E-state index contributed by atoms with van der Waals surface area (Å²) in [5.74, 6) is 0.944. The summed E-state index contributed by atoms with van der Waals surface area (Å²) in [6.07, 6.45) is 2.91. The van der Waals surface area contributed by atoms with Crippen LogP contribution < -0.4 is 0 Å². The summed E-state index contributed by atoms with van der Waals surface area (Å²) >= 11 is 0. The van der Waals surface area contributed by atoms with Crippen molar-refractivity contribution < 1.29 is 13.6 Å². The van der Waals surface area contributed by atoms with Crippen molar-refractivity contribution in [3.8, 4) is 11.7 Å². The van der Waals surface area contributed by atoms with E-state index in [-0.39, 0.29) is 11.5 Å². The number of ketones is 1. The van der Waals surface area contributed by atoms with E-state index in [9.17, 15) is 4.79 Å². The Morgan fingerprint density at radius 2 is 2.38 bits per heavy atom. The Hall–Kier alpha value is -1.84. The number of rotatable bonds is 2. The normalized spacial score (nSPS) is 10.2. The van der Waals surface area contributed by atoms with E-state index < -0.39 is 0 Å². The topological polar surface area (TPSA) is 56.2 Å². The Balaban J connectivity index is 2.39. The minimum atomic E-state index is -0.148. The van der Waals surface area contributed by atoms with Gasteiger partial charge in [-0.3, -0.25) is 4.79 Å². The standard InChI is InChI=1S/C9H7NO3/c1-6(11)8-5-10-9(13-8)7-3-2-4-12-7/h2-5H,1H3. The molecular weight excluding hydrogens is 170 g/mol. The second-order valence-corrected chi connectivity index (χ2v) is 2.56. The fourth-order valence-electron chi connectivity index (χ4n) is 0.951. The van der Waals surface area contributed by atoms with Crippen LogP contribution in [0.25, 0.3) is 11.7 Å². The molecule has 0 aliphatic carbocycles. The van der Waals surface area contributed by atoms with E-state index in [0.717, 1.165) is 0 Å². The average molecular weight is 177 g/mol. The largest absolute Gasteiger partial charge is 0.459 e. The summed E-state index contributed by atoms with van der Waals surface area (Å²) < 4.78 is 10.2. The van der Waals surface area contributed by atoms with Crippen molar-refractivity contribution in [2.24, 2.45) is 0 Å². The molecule has 0 atom stereocenters. The highest BCUT2D eigenvalue weighted by atomic mass is 16.4. The second-order valence-electron chi connectivity index (χ2n) is 2.56. The van der Waals surface area contributed by atoms with Crippen molar-refractivity contribution in [1.82, 2.24) is 4.98 Å². The molecule has 66 valence electrons. The van der Waals surface area contributed by atoms with Crippen LogP contribution in [0, 0.1) is 0 Å². The monoisotopic (exact) mass is 177 g/mol. The maximum absolute atomic E-state index is 10.9. The summed E-state index contributed by atoms with van der Waals surface area (Å²) in [6, 6.07) is 3.45. The smallest absolute Gasteiger partial charge is 0.263 e. The van der Waals surface area contributed by atoms with Gasteiger partial charge >= 0.3 is 0 Å². The first kappa shape index (κ1) is 7.79. The maximum Gasteiger partial charge on any atom is 0.263 e. The molecule has 13 heavy (non-hydrogen) atoms. The molecular formula is C9H7NO3. The molecule has 4 nitrogen and oxygen atoms in total. The Kier molecular flexibility index (Phi) is 1.73. The number of oxazole rings is 1. The van der Waals surface area contributed by atoms with Gasteiger partial charge in [-0.1, -0.05) is 0 Å². The molecule has 2 rings (SSSR count). The van der Waals surface area contributed by atoms with Gasteiger partial charge in [-0.2, -0.15) is 0 Å². The van der Waals surface area contributed by atoms with Crippen molar-refractivity contribution in [1.29, 1.82) is 0 Å². The molecule has 0 radical (unpaired) electrons. The quantitative estimate of drug-likeness (QED) is 0.659. The van der Waals surface area contributed by atoms with E-state index in [1.807, 2.05) is 0 Å². The van der Waals surface area contributed by atoms with Crippen molar-refractivity contribution in [2.75, 3.05) is 0 Å². The lowest BCUT2D eigenvalue weighted by Crippen LogP contribution is -1.85. The van der Waals surface area contributed by atoms with Crippen LogP contribution in [0.5, 0.6) is 0 Å². The molecule has 0 aromatic carbocycles. The molecule has 0 fully saturated rings. The number of aromatic nitrogens is 1. The molecule has 2 aromatic heterocycles. The van der Waals surface area contributed by atoms with Crippen molar-refractivity contribution in [3.05, 3.63) is 30.4 Å². The Morgan fingerprint density at radius 3 is 2.92 bits per heavy atom. The number of furan rings is 1. The Labute approximate surface area is 74.2 Å². The first-order valence-corrected chi connectivity index (χ1v) is 3.78. The fourth-order valence-corrected chi connectivity index (χ4v) is 0.951. The first-order chi connectivity index (χ1) is 6.27. The molecule has 0 aliphatic rings. The number of Topliss-reactive ketones (excluding diaryl/α,β-unsaturated/α-hetero) is 1. The van der Waals surface area contributed by atoms with E-state index in [2.05, 4.69) is 4.98 Å². The van der Waals surface area contributed by atoms with E-state index in [1.165, 1.54) is 19.4 Å². The zero-order valence-corrected chi connectivity index (χ0v) is 6.98. The van der Waals surface area contributed by atoms with Crippen LogP contribution in [0.2, 0.25) is 0 Å². The van der Waals surface area contributed by atoms with Crippen LogP contribution in [0.1, 0.15) is 17.5 Å². The molecule has 0 spiro atoms. The van der Waals surface area contributed by atoms with E-state index in [0.29, 0.717) is 11.7 Å². The molecule has 0 bridgehead atoms. The van der Waals surface area contributed by atoms with Crippen LogP contribution in [0.3, 0.4) is 0 Å². The van der Waals surface area contributed by atoms with Gasteiger partial charge in [0, 0.05) is 6.92 Å². The van der Waals surface area contributed by atoms with Crippen molar-refractivity contribution in [3.63, 3.8) is 0 Å². The molecule has 0 saturated carbocycles. The fraction of sp³-hybridized carbons (Fsp3) is 0.111. The molecule has 0 saturated heterocycles. The van der Waals surface area contributed by atoms with Gasteiger partial charge < -0.3 is 8.83 Å². The highest BCUT2D eigenvalue weighted by Crippen LogP contribution is 2.19. The molecule has 2 aromatic rings. The van der Waals surface area contributed by atoms with Gasteiger partial charge in [-0.25, -0.2) is 4.98 Å². The third-order valence-corrected chi connectivity index (χ3v) is 1.58. The summed E-state index contributed by atoms with van der Waals surface area (Å²) in [7, 11) is 0. The number of hydrogen-bond acceptors (Lipinski definition) is 4. The second kappa shape index (κ2) is 2.90. The summed E-state index contributed by atoms with van der Waals surface area (Å²) in [5.41, 5.74) is 0. The summed E-state index contributed by atoms with van der Waals surface area (Å²) in [5, 5.41) is 0. The van der Waals surface area contributed by atoms with Gasteiger partial charge in [0.15, 0.2) is 17.3 Å². The lowest BCUT2D eigenvalue weighted by Gasteiger charge is -1.86. The van der Waals surface area contributed by atoms with E-state index >= 15 is 0 Å². The lowest BCUT2D eigenvalue weighted by molar-refractivity contribution is 0.0988. The number of carbonyl (C=O) groups excluding carboxylic acids is 1. The maximum atomic E-state index is 10.9. The third kappa shape index (κ3) is 1.38. The highest BCUT2D eigenvalue weighted by Gasteiger charge is 2.10. The number of hydrogen-bond donors (Lipinski definition) is 0.